The molecule has 2 heterocycles. The number of fused-ring (bicyclic) bond motifs is 1. The van der Waals surface area contributed by atoms with Crippen molar-refractivity contribution in [2.24, 2.45) is 0 Å². The van der Waals surface area contributed by atoms with Crippen molar-refractivity contribution >= 4 is 48.4 Å². The van der Waals surface area contributed by atoms with E-state index in [9.17, 15) is 23.9 Å². The van der Waals surface area contributed by atoms with Crippen molar-refractivity contribution in [1.29, 1.82) is 0 Å². The molecule has 0 bridgehead atoms. The summed E-state index contributed by atoms with van der Waals surface area (Å²) < 4.78 is 44.2. The highest BCUT2D eigenvalue weighted by molar-refractivity contribution is 7.99. The van der Waals surface area contributed by atoms with Crippen LogP contribution in [0.5, 0.6) is 5.75 Å². The molecule has 0 spiro atoms. The van der Waals surface area contributed by atoms with E-state index in [0.717, 1.165) is 4.90 Å². The third-order valence-electron chi connectivity index (χ3n) is 5.20. The molecule has 0 saturated carbocycles. The monoisotopic (exact) mass is 615 g/mol. The van der Waals surface area contributed by atoms with Crippen LogP contribution >= 0.6 is 19.4 Å². The summed E-state index contributed by atoms with van der Waals surface area (Å²) in [5.41, 5.74) is 3.63. The zero-order valence-corrected chi connectivity index (χ0v) is 24.1. The SMILES string of the molecule is CCC(=O)OCOC(OCCn1cnc2c(Sc3ccc(OC)cc3)nc(N)nc21)(OCOC(=O)CC)P(=O)(O)O. The molecule has 3 rings (SSSR count). The highest BCUT2D eigenvalue weighted by atomic mass is 32.2. The number of aromatic nitrogens is 4. The molecule has 3 aromatic rings. The maximum atomic E-state index is 12.4. The Morgan fingerprint density at radius 2 is 1.63 bits per heavy atom. The first-order valence-corrected chi connectivity index (χ1v) is 14.5. The molecular formula is C23H30N5O11PS. The van der Waals surface area contributed by atoms with Gasteiger partial charge in [0.25, 0.3) is 0 Å². The molecule has 1 aromatic carbocycles. The number of nitrogens with two attached hydrogens (primary N) is 1. The van der Waals surface area contributed by atoms with E-state index in [2.05, 4.69) is 15.0 Å². The van der Waals surface area contributed by atoms with Crippen molar-refractivity contribution in [1.82, 2.24) is 19.5 Å². The van der Waals surface area contributed by atoms with E-state index in [1.54, 1.807) is 19.2 Å². The van der Waals surface area contributed by atoms with E-state index in [4.69, 9.17) is 34.2 Å². The van der Waals surface area contributed by atoms with Gasteiger partial charge in [0.1, 0.15) is 16.3 Å². The minimum absolute atomic E-state index is 0.0144. The summed E-state index contributed by atoms with van der Waals surface area (Å²) in [7, 11) is -3.82. The zero-order chi connectivity index (χ0) is 30.0. The van der Waals surface area contributed by atoms with E-state index in [1.165, 1.54) is 36.5 Å². The first kappa shape index (κ1) is 32.2. The molecule has 0 aliphatic heterocycles. The summed E-state index contributed by atoms with van der Waals surface area (Å²) in [6.07, 6.45) is 1.40. The fourth-order valence-corrected chi connectivity index (χ4v) is 4.69. The lowest BCUT2D eigenvalue weighted by Gasteiger charge is -2.32. The second-order valence-electron chi connectivity index (χ2n) is 7.96. The highest BCUT2D eigenvalue weighted by Crippen LogP contribution is 2.53. The standard InChI is InChI=1S/C23H30N5O11PS/c1-4-17(29)35-13-38-23(40(31,32)33,39-14-36-18(30)5-2)37-11-10-28-12-25-19-20(28)26-22(24)27-21(19)41-16-8-6-15(34-3)7-9-16/h6-9,12H,4-5,10-11,13-14H2,1-3H3,(H2,24,26,27)(H2,31,32,33). The topological polar surface area (TPSA) is 217 Å². The number of methoxy groups -OCH3 is 1. The third-order valence-corrected chi connectivity index (χ3v) is 7.28. The first-order chi connectivity index (χ1) is 19.5. The smallest absolute Gasteiger partial charge is 0.415 e. The molecule has 0 unspecified atom stereocenters. The van der Waals surface area contributed by atoms with Gasteiger partial charge in [0.05, 0.1) is 20.0 Å². The number of esters is 2. The first-order valence-electron chi connectivity index (χ1n) is 12.1. The Kier molecular flexibility index (Phi) is 11.4. The summed E-state index contributed by atoms with van der Waals surface area (Å²) in [5, 5.41) is 0.476. The van der Waals surface area contributed by atoms with Crippen molar-refractivity contribution in [2.45, 2.75) is 48.9 Å². The molecule has 0 saturated heterocycles. The largest absolute Gasteiger partial charge is 0.497 e. The molecule has 2 aromatic heterocycles. The van der Waals surface area contributed by atoms with Gasteiger partial charge in [-0.15, -0.1) is 0 Å². The summed E-state index contributed by atoms with van der Waals surface area (Å²) in [4.78, 5) is 56.8. The molecule has 0 atom stereocenters. The molecule has 16 nitrogen and oxygen atoms in total. The molecule has 0 amide bonds. The van der Waals surface area contributed by atoms with Gasteiger partial charge >= 0.3 is 25.2 Å². The Morgan fingerprint density at radius 1 is 1.02 bits per heavy atom. The van der Waals surface area contributed by atoms with Crippen LogP contribution in [0.25, 0.3) is 11.2 Å². The minimum atomic E-state index is -5.39. The van der Waals surface area contributed by atoms with Gasteiger partial charge in [-0.3, -0.25) is 23.6 Å². The van der Waals surface area contributed by atoms with E-state index >= 15 is 0 Å². The third kappa shape index (κ3) is 8.59. The number of anilines is 1. The molecule has 41 heavy (non-hydrogen) atoms. The number of nitrogens with zero attached hydrogens (tertiary/aromatic N) is 4. The number of nitrogen functional groups attached to an aromatic ring is 1. The maximum absolute atomic E-state index is 12.4. The van der Waals surface area contributed by atoms with Crippen molar-refractivity contribution < 1.29 is 52.4 Å². The number of hydrogen-bond acceptors (Lipinski definition) is 14. The van der Waals surface area contributed by atoms with Crippen molar-refractivity contribution in [3.63, 3.8) is 0 Å². The van der Waals surface area contributed by atoms with E-state index in [0.29, 0.717) is 21.9 Å². The van der Waals surface area contributed by atoms with Crippen LogP contribution in [0.3, 0.4) is 0 Å². The van der Waals surface area contributed by atoms with Crippen molar-refractivity contribution in [3.05, 3.63) is 30.6 Å². The second-order valence-corrected chi connectivity index (χ2v) is 10.7. The summed E-state index contributed by atoms with van der Waals surface area (Å²) in [5.74, 6) is -0.736. The van der Waals surface area contributed by atoms with Crippen LogP contribution in [-0.2, 0) is 44.4 Å². The normalized spacial score (nSPS) is 11.9. The van der Waals surface area contributed by atoms with Crippen LogP contribution in [0.15, 0.2) is 40.5 Å². The number of carbonyl (C=O) groups excluding carboxylic acids is 2. The number of imidazole rings is 1. The average molecular weight is 616 g/mol. The minimum Gasteiger partial charge on any atom is -0.497 e. The zero-order valence-electron chi connectivity index (χ0n) is 22.4. The summed E-state index contributed by atoms with van der Waals surface area (Å²) in [6, 6.07) is 7.28. The molecule has 0 fully saturated rings. The highest BCUT2D eigenvalue weighted by Gasteiger charge is 2.53. The van der Waals surface area contributed by atoms with Crippen LogP contribution in [0.4, 0.5) is 5.95 Å². The second kappa shape index (κ2) is 14.5. The summed E-state index contributed by atoms with van der Waals surface area (Å²) in [6.45, 7) is 0.722. The number of ether oxygens (including phenoxy) is 6. The van der Waals surface area contributed by atoms with E-state index < -0.39 is 45.4 Å². The van der Waals surface area contributed by atoms with Gasteiger partial charge in [-0.2, -0.15) is 4.98 Å². The molecule has 0 aliphatic carbocycles. The van der Waals surface area contributed by atoms with Gasteiger partial charge < -0.3 is 39.0 Å². The fraction of sp³-hybridized carbons (Fsp3) is 0.435. The molecule has 224 valence electrons. The number of carbonyl (C=O) groups is 2. The Labute approximate surface area is 238 Å². The Hall–Kier alpha value is -3.31. The predicted octanol–water partition coefficient (Wildman–Crippen LogP) is 2.23. The molecule has 0 aliphatic rings. The lowest BCUT2D eigenvalue weighted by Crippen LogP contribution is -2.41. The predicted molar refractivity (Wildman–Crippen MR) is 142 cm³/mol. The van der Waals surface area contributed by atoms with E-state index in [1.807, 2.05) is 12.1 Å². The lowest BCUT2D eigenvalue weighted by molar-refractivity contribution is -0.365. The Bertz CT molecular complexity index is 1360. The van der Waals surface area contributed by atoms with E-state index in [-0.39, 0.29) is 25.3 Å². The maximum Gasteiger partial charge on any atom is 0.415 e. The van der Waals surface area contributed by atoms with Gasteiger partial charge in [-0.25, -0.2) is 9.97 Å². The van der Waals surface area contributed by atoms with Crippen LogP contribution in [0.2, 0.25) is 0 Å². The van der Waals surface area contributed by atoms with Crippen LogP contribution in [0, 0.1) is 0 Å². The Balaban J connectivity index is 1.79. The van der Waals surface area contributed by atoms with Gasteiger partial charge in [0.15, 0.2) is 19.2 Å². The average Bonchev–Trinajstić information content (AvgIpc) is 3.34. The van der Waals surface area contributed by atoms with Crippen LogP contribution in [0.1, 0.15) is 26.7 Å². The van der Waals surface area contributed by atoms with Crippen LogP contribution < -0.4 is 10.5 Å². The number of benzene rings is 1. The van der Waals surface area contributed by atoms with Gasteiger partial charge in [0.2, 0.25) is 5.95 Å². The fourth-order valence-electron chi connectivity index (χ4n) is 3.12. The van der Waals surface area contributed by atoms with Gasteiger partial charge in [0, 0.05) is 24.3 Å². The van der Waals surface area contributed by atoms with Gasteiger partial charge in [-0.05, 0) is 24.3 Å². The lowest BCUT2D eigenvalue weighted by atomic mass is 10.3. The number of rotatable bonds is 16. The molecular weight excluding hydrogens is 585 g/mol. The molecule has 18 heteroatoms. The van der Waals surface area contributed by atoms with Crippen molar-refractivity contribution in [3.8, 4) is 5.75 Å². The summed E-state index contributed by atoms with van der Waals surface area (Å²) >= 11 is 1.30. The van der Waals surface area contributed by atoms with Crippen LogP contribution in [-0.4, -0.2) is 74.3 Å². The Morgan fingerprint density at radius 3 is 2.17 bits per heavy atom. The molecule has 0 radical (unpaired) electrons. The quantitative estimate of drug-likeness (QED) is 0.0911. The number of hydrogen-bond donors (Lipinski definition) is 3. The van der Waals surface area contributed by atoms with Gasteiger partial charge in [-0.1, -0.05) is 25.6 Å². The molecule has 4 N–H and O–H groups in total. The van der Waals surface area contributed by atoms with Crippen molar-refractivity contribution in [2.75, 3.05) is 33.0 Å².